The Kier molecular flexibility index (Phi) is 12.1. The molecule has 0 radical (unpaired) electrons. The number of allylic oxidation sites excluding steroid dienone is 3. The van der Waals surface area contributed by atoms with Crippen LogP contribution in [-0.4, -0.2) is 17.6 Å². The topological polar surface area (TPSA) is 49.3 Å². The lowest BCUT2D eigenvalue weighted by Gasteiger charge is -2.06. The van der Waals surface area contributed by atoms with E-state index in [9.17, 15) is 4.79 Å². The van der Waals surface area contributed by atoms with E-state index in [0.717, 1.165) is 19.0 Å². The first-order valence-electron chi connectivity index (χ1n) is 4.64. The normalized spacial score (nSPS) is 13.1. The van der Waals surface area contributed by atoms with Gasteiger partial charge in [0.25, 0.3) is 0 Å². The van der Waals surface area contributed by atoms with Crippen LogP contribution in [-0.2, 0) is 4.79 Å². The Bertz CT molecular complexity index is 257. The van der Waals surface area contributed by atoms with E-state index in [1.807, 2.05) is 12.3 Å². The predicted octanol–water partition coefficient (Wildman–Crippen LogP) is 2.66. The van der Waals surface area contributed by atoms with Crippen molar-refractivity contribution in [2.75, 3.05) is 6.54 Å². The minimum atomic E-state index is -0.891. The lowest BCUT2D eigenvalue weighted by molar-refractivity contribution is -0.131. The molecule has 0 saturated carbocycles. The van der Waals surface area contributed by atoms with Gasteiger partial charge in [0.1, 0.15) is 0 Å². The standard InChI is InChI=1S/C7H11N.C4H6O2.BrH/c1-2-7-4-3-5-8-6-7;1-2-3-4(5)6;/h3-5,8H,2,6H2,1H3;2-3H,1H3,(H,5,6);1H/b;3-2+;. The van der Waals surface area contributed by atoms with Crippen LogP contribution < -0.4 is 5.32 Å². The van der Waals surface area contributed by atoms with E-state index >= 15 is 0 Å². The maximum Gasteiger partial charge on any atom is 0.327 e. The molecule has 0 saturated heterocycles. The molecule has 3 nitrogen and oxygen atoms in total. The highest BCUT2D eigenvalue weighted by atomic mass is 79.9. The van der Waals surface area contributed by atoms with Crippen molar-refractivity contribution < 1.29 is 9.90 Å². The molecule has 0 spiro atoms. The summed E-state index contributed by atoms with van der Waals surface area (Å²) in [6.07, 6.45) is 9.90. The fraction of sp³-hybridized carbons (Fsp3) is 0.364. The SMILES string of the molecule is Br.C/C=C/C(=O)O.CCC1=CC=CNC1. The summed E-state index contributed by atoms with van der Waals surface area (Å²) in [6, 6.07) is 0. The van der Waals surface area contributed by atoms with Crippen molar-refractivity contribution in [1.29, 1.82) is 0 Å². The largest absolute Gasteiger partial charge is 0.478 e. The summed E-state index contributed by atoms with van der Waals surface area (Å²) in [5.74, 6) is -0.891. The summed E-state index contributed by atoms with van der Waals surface area (Å²) in [6.45, 7) is 4.87. The highest BCUT2D eigenvalue weighted by Gasteiger charge is 1.91. The maximum absolute atomic E-state index is 9.51. The minimum Gasteiger partial charge on any atom is -0.478 e. The van der Waals surface area contributed by atoms with Gasteiger partial charge in [0, 0.05) is 12.6 Å². The van der Waals surface area contributed by atoms with Gasteiger partial charge in [-0.2, -0.15) is 0 Å². The van der Waals surface area contributed by atoms with Gasteiger partial charge >= 0.3 is 5.97 Å². The molecule has 1 aliphatic heterocycles. The van der Waals surface area contributed by atoms with Crippen LogP contribution in [0.5, 0.6) is 0 Å². The van der Waals surface area contributed by atoms with E-state index in [4.69, 9.17) is 5.11 Å². The second-order valence-corrected chi connectivity index (χ2v) is 2.76. The van der Waals surface area contributed by atoms with Crippen LogP contribution in [0.3, 0.4) is 0 Å². The van der Waals surface area contributed by atoms with Gasteiger partial charge in [0.05, 0.1) is 0 Å². The van der Waals surface area contributed by atoms with Crippen molar-refractivity contribution in [1.82, 2.24) is 5.32 Å². The number of carbonyl (C=O) groups is 1. The number of halogens is 1. The number of hydrogen-bond acceptors (Lipinski definition) is 2. The average Bonchev–Trinajstić information content (AvgIpc) is 2.20. The van der Waals surface area contributed by atoms with Gasteiger partial charge in [-0.05, 0) is 25.6 Å². The lowest BCUT2D eigenvalue weighted by Crippen LogP contribution is -2.11. The molecule has 86 valence electrons. The molecular formula is C11H18BrNO2. The highest BCUT2D eigenvalue weighted by molar-refractivity contribution is 8.93. The number of nitrogens with one attached hydrogen (secondary N) is 1. The molecule has 2 N–H and O–H groups in total. The second kappa shape index (κ2) is 11.0. The number of rotatable bonds is 2. The monoisotopic (exact) mass is 275 g/mol. The summed E-state index contributed by atoms with van der Waals surface area (Å²) >= 11 is 0. The van der Waals surface area contributed by atoms with Crippen molar-refractivity contribution in [3.05, 3.63) is 36.1 Å². The van der Waals surface area contributed by atoms with Crippen molar-refractivity contribution in [2.24, 2.45) is 0 Å². The first-order valence-corrected chi connectivity index (χ1v) is 4.64. The number of aliphatic carboxylic acids is 1. The zero-order chi connectivity index (χ0) is 10.8. The zero-order valence-corrected chi connectivity index (χ0v) is 10.8. The molecule has 1 aliphatic rings. The van der Waals surface area contributed by atoms with Gasteiger partial charge in [0.15, 0.2) is 0 Å². The zero-order valence-electron chi connectivity index (χ0n) is 9.06. The minimum absolute atomic E-state index is 0. The molecule has 0 aliphatic carbocycles. The molecular weight excluding hydrogens is 258 g/mol. The van der Waals surface area contributed by atoms with E-state index in [1.54, 1.807) is 6.92 Å². The quantitative estimate of drug-likeness (QED) is 0.762. The van der Waals surface area contributed by atoms with Crippen molar-refractivity contribution in [3.8, 4) is 0 Å². The Balaban J connectivity index is 0. The first kappa shape index (κ1) is 16.4. The smallest absolute Gasteiger partial charge is 0.327 e. The molecule has 1 rings (SSSR count). The third-order valence-corrected chi connectivity index (χ3v) is 1.64. The number of dihydropyridines is 1. The van der Waals surface area contributed by atoms with Gasteiger partial charge < -0.3 is 10.4 Å². The molecule has 15 heavy (non-hydrogen) atoms. The molecule has 0 aromatic carbocycles. The Morgan fingerprint density at radius 1 is 1.67 bits per heavy atom. The fourth-order valence-corrected chi connectivity index (χ4v) is 0.887. The number of carboxylic acids is 1. The van der Waals surface area contributed by atoms with Gasteiger partial charge in [-0.15, -0.1) is 17.0 Å². The van der Waals surface area contributed by atoms with Crippen LogP contribution in [0.2, 0.25) is 0 Å². The molecule has 0 amide bonds. The first-order chi connectivity index (χ1) is 6.70. The van der Waals surface area contributed by atoms with E-state index in [0.29, 0.717) is 0 Å². The molecule has 0 unspecified atom stereocenters. The fourth-order valence-electron chi connectivity index (χ4n) is 0.887. The van der Waals surface area contributed by atoms with Crippen LogP contribution in [0.4, 0.5) is 0 Å². The molecule has 0 aromatic heterocycles. The van der Waals surface area contributed by atoms with Crippen molar-refractivity contribution in [2.45, 2.75) is 20.3 Å². The van der Waals surface area contributed by atoms with Crippen LogP contribution in [0.25, 0.3) is 0 Å². The van der Waals surface area contributed by atoms with Crippen molar-refractivity contribution >= 4 is 23.0 Å². The van der Waals surface area contributed by atoms with Crippen LogP contribution in [0.1, 0.15) is 20.3 Å². The maximum atomic E-state index is 9.51. The summed E-state index contributed by atoms with van der Waals surface area (Å²) in [5.41, 5.74) is 1.48. The Labute approximate surface area is 101 Å². The van der Waals surface area contributed by atoms with Gasteiger partial charge in [0.2, 0.25) is 0 Å². The number of hydrogen-bond donors (Lipinski definition) is 2. The summed E-state index contributed by atoms with van der Waals surface area (Å²) in [4.78, 5) is 9.51. The van der Waals surface area contributed by atoms with Crippen molar-refractivity contribution in [3.63, 3.8) is 0 Å². The molecule has 0 bridgehead atoms. The molecule has 1 heterocycles. The van der Waals surface area contributed by atoms with E-state index < -0.39 is 5.97 Å². The van der Waals surface area contributed by atoms with E-state index in [1.165, 1.54) is 11.6 Å². The third kappa shape index (κ3) is 10.9. The molecule has 0 aromatic rings. The second-order valence-electron chi connectivity index (χ2n) is 2.76. The summed E-state index contributed by atoms with van der Waals surface area (Å²) in [7, 11) is 0. The lowest BCUT2D eigenvalue weighted by atomic mass is 10.1. The molecule has 4 heteroatoms. The Hall–Kier alpha value is -1.03. The van der Waals surface area contributed by atoms with Crippen LogP contribution in [0.15, 0.2) is 36.1 Å². The third-order valence-electron chi connectivity index (χ3n) is 1.64. The summed E-state index contributed by atoms with van der Waals surface area (Å²) < 4.78 is 0. The van der Waals surface area contributed by atoms with E-state index in [2.05, 4.69) is 18.3 Å². The van der Waals surface area contributed by atoms with Gasteiger partial charge in [-0.25, -0.2) is 4.79 Å². The molecule has 0 atom stereocenters. The predicted molar refractivity (Wildman–Crippen MR) is 68.3 cm³/mol. The average molecular weight is 276 g/mol. The van der Waals surface area contributed by atoms with E-state index in [-0.39, 0.29) is 17.0 Å². The molecule has 0 fully saturated rings. The Morgan fingerprint density at radius 3 is 2.53 bits per heavy atom. The summed E-state index contributed by atoms with van der Waals surface area (Å²) in [5, 5.41) is 11.0. The van der Waals surface area contributed by atoms with Crippen LogP contribution >= 0.6 is 17.0 Å². The van der Waals surface area contributed by atoms with Gasteiger partial charge in [-0.1, -0.05) is 24.6 Å². The highest BCUT2D eigenvalue weighted by Crippen LogP contribution is 2.01. The van der Waals surface area contributed by atoms with Crippen LogP contribution in [0, 0.1) is 0 Å². The Morgan fingerprint density at radius 2 is 2.33 bits per heavy atom. The van der Waals surface area contributed by atoms with Gasteiger partial charge in [-0.3, -0.25) is 0 Å². The number of carboxylic acid groups (broad SMARTS) is 1.